The Morgan fingerprint density at radius 1 is 1.32 bits per heavy atom. The van der Waals surface area contributed by atoms with Gasteiger partial charge < -0.3 is 5.32 Å². The summed E-state index contributed by atoms with van der Waals surface area (Å²) in [4.78, 5) is 0. The first-order chi connectivity index (χ1) is 9.27. The van der Waals surface area contributed by atoms with Crippen LogP contribution in [0.15, 0.2) is 35.5 Å². The van der Waals surface area contributed by atoms with E-state index in [1.165, 1.54) is 5.56 Å². The number of tetrazole rings is 1. The van der Waals surface area contributed by atoms with Gasteiger partial charge in [0.05, 0.1) is 0 Å². The first-order valence-corrected chi connectivity index (χ1v) is 7.36. The Kier molecular flexibility index (Phi) is 5.35. The van der Waals surface area contributed by atoms with Crippen molar-refractivity contribution < 1.29 is 0 Å². The maximum absolute atomic E-state index is 3.93. The fourth-order valence-electron chi connectivity index (χ4n) is 1.78. The van der Waals surface area contributed by atoms with Crippen LogP contribution in [0.3, 0.4) is 0 Å². The lowest BCUT2D eigenvalue weighted by molar-refractivity contribution is 0.636. The summed E-state index contributed by atoms with van der Waals surface area (Å²) in [7, 11) is 1.85. The number of benzene rings is 1. The standard InChI is InChI=1S/C13H19N5S/c1-11(12-6-4-3-5-7-12)10-14-8-9-19-13-15-16-17-18(13)2/h3-7,11,14H,8-10H2,1-2H3. The molecule has 1 aromatic carbocycles. The molecule has 0 saturated heterocycles. The van der Waals surface area contributed by atoms with Crippen molar-refractivity contribution in [2.45, 2.75) is 18.0 Å². The highest BCUT2D eigenvalue weighted by Crippen LogP contribution is 2.13. The molecule has 6 heteroatoms. The second kappa shape index (κ2) is 7.25. The van der Waals surface area contributed by atoms with E-state index in [2.05, 4.69) is 58.1 Å². The predicted octanol–water partition coefficient (Wildman–Crippen LogP) is 1.70. The van der Waals surface area contributed by atoms with Gasteiger partial charge in [0.2, 0.25) is 5.16 Å². The zero-order valence-electron chi connectivity index (χ0n) is 11.3. The largest absolute Gasteiger partial charge is 0.315 e. The third-order valence-electron chi connectivity index (χ3n) is 2.91. The molecule has 0 bridgehead atoms. The van der Waals surface area contributed by atoms with Gasteiger partial charge in [0.25, 0.3) is 0 Å². The zero-order chi connectivity index (χ0) is 13.5. The molecular weight excluding hydrogens is 258 g/mol. The number of hydrogen-bond acceptors (Lipinski definition) is 5. The molecule has 0 saturated carbocycles. The Morgan fingerprint density at radius 2 is 2.11 bits per heavy atom. The van der Waals surface area contributed by atoms with E-state index in [9.17, 15) is 0 Å². The van der Waals surface area contributed by atoms with Gasteiger partial charge in [-0.15, -0.1) is 5.10 Å². The van der Waals surface area contributed by atoms with Crippen molar-refractivity contribution in [2.24, 2.45) is 7.05 Å². The highest BCUT2D eigenvalue weighted by atomic mass is 32.2. The Bertz CT molecular complexity index is 485. The van der Waals surface area contributed by atoms with Gasteiger partial charge in [-0.2, -0.15) is 0 Å². The van der Waals surface area contributed by atoms with Gasteiger partial charge in [0.15, 0.2) is 0 Å². The molecule has 0 radical (unpaired) electrons. The molecule has 0 spiro atoms. The van der Waals surface area contributed by atoms with Crippen LogP contribution in [0.5, 0.6) is 0 Å². The molecule has 0 fully saturated rings. The van der Waals surface area contributed by atoms with Crippen LogP contribution in [0, 0.1) is 0 Å². The second-order valence-corrected chi connectivity index (χ2v) is 5.51. The number of nitrogens with one attached hydrogen (secondary N) is 1. The van der Waals surface area contributed by atoms with E-state index >= 15 is 0 Å². The lowest BCUT2D eigenvalue weighted by Crippen LogP contribution is -2.22. The van der Waals surface area contributed by atoms with Crippen LogP contribution in [0.25, 0.3) is 0 Å². The topological polar surface area (TPSA) is 55.6 Å². The predicted molar refractivity (Wildman–Crippen MR) is 77.2 cm³/mol. The molecule has 2 rings (SSSR count). The molecule has 0 amide bonds. The van der Waals surface area contributed by atoms with E-state index < -0.39 is 0 Å². The minimum atomic E-state index is 0.530. The van der Waals surface area contributed by atoms with Crippen LogP contribution in [0.2, 0.25) is 0 Å². The molecule has 1 heterocycles. The Morgan fingerprint density at radius 3 is 2.79 bits per heavy atom. The zero-order valence-corrected chi connectivity index (χ0v) is 12.1. The number of aryl methyl sites for hydroxylation is 1. The maximum atomic E-state index is 3.93. The fourth-order valence-corrected chi connectivity index (χ4v) is 2.52. The third kappa shape index (κ3) is 4.33. The highest BCUT2D eigenvalue weighted by Gasteiger charge is 2.05. The average molecular weight is 277 g/mol. The summed E-state index contributed by atoms with van der Waals surface area (Å²) in [5.74, 6) is 1.50. The number of rotatable bonds is 7. The minimum absolute atomic E-state index is 0.530. The van der Waals surface area contributed by atoms with Crippen LogP contribution in [-0.4, -0.2) is 39.0 Å². The van der Waals surface area contributed by atoms with E-state index in [1.54, 1.807) is 16.4 Å². The minimum Gasteiger partial charge on any atom is -0.315 e. The monoisotopic (exact) mass is 277 g/mol. The summed E-state index contributed by atoms with van der Waals surface area (Å²) in [5.41, 5.74) is 1.38. The van der Waals surface area contributed by atoms with Crippen molar-refractivity contribution in [1.82, 2.24) is 25.5 Å². The number of nitrogens with zero attached hydrogens (tertiary/aromatic N) is 4. The summed E-state index contributed by atoms with van der Waals surface area (Å²) in [6, 6.07) is 10.6. The van der Waals surface area contributed by atoms with Crippen molar-refractivity contribution >= 4 is 11.8 Å². The van der Waals surface area contributed by atoms with Crippen LogP contribution in [-0.2, 0) is 7.05 Å². The van der Waals surface area contributed by atoms with Crippen molar-refractivity contribution in [3.05, 3.63) is 35.9 Å². The van der Waals surface area contributed by atoms with Crippen LogP contribution in [0.4, 0.5) is 0 Å². The molecule has 1 N–H and O–H groups in total. The van der Waals surface area contributed by atoms with Gasteiger partial charge in [-0.3, -0.25) is 0 Å². The van der Waals surface area contributed by atoms with E-state index in [-0.39, 0.29) is 0 Å². The van der Waals surface area contributed by atoms with Crippen molar-refractivity contribution in [2.75, 3.05) is 18.8 Å². The molecule has 0 aliphatic heterocycles. The SMILES string of the molecule is CC(CNCCSc1nnnn1C)c1ccccc1. The smallest absolute Gasteiger partial charge is 0.209 e. The van der Waals surface area contributed by atoms with E-state index in [0.29, 0.717) is 5.92 Å². The lowest BCUT2D eigenvalue weighted by atomic mass is 10.0. The lowest BCUT2D eigenvalue weighted by Gasteiger charge is -2.12. The van der Waals surface area contributed by atoms with Gasteiger partial charge in [0.1, 0.15) is 0 Å². The molecule has 19 heavy (non-hydrogen) atoms. The number of hydrogen-bond donors (Lipinski definition) is 1. The number of thioether (sulfide) groups is 1. The Balaban J connectivity index is 1.63. The first-order valence-electron chi connectivity index (χ1n) is 6.38. The van der Waals surface area contributed by atoms with Crippen LogP contribution in [0.1, 0.15) is 18.4 Å². The summed E-state index contributed by atoms with van der Waals surface area (Å²) in [6.07, 6.45) is 0. The van der Waals surface area contributed by atoms with E-state index in [1.807, 2.05) is 7.05 Å². The first kappa shape index (κ1) is 14.0. The van der Waals surface area contributed by atoms with Gasteiger partial charge in [0, 0.05) is 25.9 Å². The second-order valence-electron chi connectivity index (χ2n) is 4.45. The summed E-state index contributed by atoms with van der Waals surface area (Å²) in [6.45, 7) is 4.18. The molecule has 102 valence electrons. The summed E-state index contributed by atoms with van der Waals surface area (Å²) in [5, 5.41) is 15.7. The van der Waals surface area contributed by atoms with Crippen LogP contribution < -0.4 is 5.32 Å². The highest BCUT2D eigenvalue weighted by molar-refractivity contribution is 7.99. The quantitative estimate of drug-likeness (QED) is 0.616. The molecular formula is C13H19N5S. The van der Waals surface area contributed by atoms with Gasteiger partial charge in [-0.1, -0.05) is 49.0 Å². The van der Waals surface area contributed by atoms with Crippen molar-refractivity contribution in [3.63, 3.8) is 0 Å². The van der Waals surface area contributed by atoms with Gasteiger partial charge >= 0.3 is 0 Å². The normalized spacial score (nSPS) is 12.5. The van der Waals surface area contributed by atoms with E-state index in [0.717, 1.165) is 24.0 Å². The van der Waals surface area contributed by atoms with Crippen molar-refractivity contribution in [3.8, 4) is 0 Å². The molecule has 1 unspecified atom stereocenters. The average Bonchev–Trinajstić information content (AvgIpc) is 2.85. The number of aromatic nitrogens is 4. The summed E-state index contributed by atoms with van der Waals surface area (Å²) < 4.78 is 1.69. The Labute approximate surface area is 117 Å². The molecule has 0 aliphatic carbocycles. The Hall–Kier alpha value is -1.40. The van der Waals surface area contributed by atoms with Crippen molar-refractivity contribution in [1.29, 1.82) is 0 Å². The maximum Gasteiger partial charge on any atom is 0.209 e. The molecule has 2 aromatic rings. The third-order valence-corrected chi connectivity index (χ3v) is 3.92. The van der Waals surface area contributed by atoms with E-state index in [4.69, 9.17) is 0 Å². The molecule has 1 atom stereocenters. The molecule has 0 aliphatic rings. The molecule has 1 aromatic heterocycles. The van der Waals surface area contributed by atoms with Gasteiger partial charge in [-0.25, -0.2) is 4.68 Å². The van der Waals surface area contributed by atoms with Crippen LogP contribution >= 0.6 is 11.8 Å². The molecule has 5 nitrogen and oxygen atoms in total. The fraction of sp³-hybridized carbons (Fsp3) is 0.462. The van der Waals surface area contributed by atoms with Gasteiger partial charge in [-0.05, 0) is 21.9 Å². The summed E-state index contributed by atoms with van der Waals surface area (Å²) >= 11 is 1.67.